The number of hydrazone groups is 1. The smallest absolute Gasteiger partial charge is 0.250 e. The van der Waals surface area contributed by atoms with E-state index in [1.807, 2.05) is 24.3 Å². The minimum atomic E-state index is -0.228. The molecule has 126 valence electrons. The standard InChI is InChI=1S/C17H17BrN2O3S/c1-11(15-8-14(21)5-6-16(15)22)19-20-17(23)10-24-9-12-3-2-4-13(18)7-12/h2-8,21-22H,9-10H2,1H3,(H,20,23)/b19-11+. The van der Waals surface area contributed by atoms with Crippen LogP contribution in [0.4, 0.5) is 0 Å². The monoisotopic (exact) mass is 408 g/mol. The van der Waals surface area contributed by atoms with E-state index in [0.717, 1.165) is 15.8 Å². The fourth-order valence-corrected chi connectivity index (χ4v) is 3.15. The lowest BCUT2D eigenvalue weighted by Gasteiger charge is -2.06. The molecule has 1 amide bonds. The predicted molar refractivity (Wildman–Crippen MR) is 100 cm³/mol. The van der Waals surface area contributed by atoms with Crippen molar-refractivity contribution in [2.75, 3.05) is 5.75 Å². The lowest BCUT2D eigenvalue weighted by molar-refractivity contribution is -0.118. The van der Waals surface area contributed by atoms with Crippen molar-refractivity contribution in [2.24, 2.45) is 5.10 Å². The summed E-state index contributed by atoms with van der Waals surface area (Å²) >= 11 is 4.90. The normalized spacial score (nSPS) is 11.3. The molecule has 0 aliphatic rings. The Morgan fingerprint density at radius 3 is 2.79 bits per heavy atom. The third kappa shape index (κ3) is 5.58. The van der Waals surface area contributed by atoms with Gasteiger partial charge in [0.1, 0.15) is 11.5 Å². The maximum atomic E-state index is 11.8. The van der Waals surface area contributed by atoms with Gasteiger partial charge in [-0.25, -0.2) is 5.43 Å². The number of amides is 1. The highest BCUT2D eigenvalue weighted by molar-refractivity contribution is 9.10. The second kappa shape index (κ2) is 8.75. The van der Waals surface area contributed by atoms with E-state index in [1.54, 1.807) is 6.92 Å². The highest BCUT2D eigenvalue weighted by Crippen LogP contribution is 2.22. The number of carbonyl (C=O) groups excluding carboxylic acids is 1. The number of phenols is 2. The van der Waals surface area contributed by atoms with Gasteiger partial charge >= 0.3 is 0 Å². The molecule has 2 rings (SSSR count). The Morgan fingerprint density at radius 2 is 2.04 bits per heavy atom. The summed E-state index contributed by atoms with van der Waals surface area (Å²) in [4.78, 5) is 11.8. The van der Waals surface area contributed by atoms with Crippen LogP contribution in [0, 0.1) is 0 Å². The zero-order valence-electron chi connectivity index (χ0n) is 13.0. The van der Waals surface area contributed by atoms with Crippen LogP contribution in [0.15, 0.2) is 52.0 Å². The van der Waals surface area contributed by atoms with E-state index in [2.05, 4.69) is 26.5 Å². The summed E-state index contributed by atoms with van der Waals surface area (Å²) in [7, 11) is 0. The second-order valence-electron chi connectivity index (χ2n) is 5.06. The van der Waals surface area contributed by atoms with Crippen molar-refractivity contribution in [1.82, 2.24) is 5.43 Å². The van der Waals surface area contributed by atoms with Crippen molar-refractivity contribution in [2.45, 2.75) is 12.7 Å². The first kappa shape index (κ1) is 18.4. The van der Waals surface area contributed by atoms with Gasteiger partial charge in [-0.3, -0.25) is 4.79 Å². The van der Waals surface area contributed by atoms with Crippen molar-refractivity contribution in [3.8, 4) is 11.5 Å². The molecule has 2 aromatic carbocycles. The summed E-state index contributed by atoms with van der Waals surface area (Å²) in [5.41, 5.74) is 4.37. The Kier molecular flexibility index (Phi) is 6.69. The molecule has 0 radical (unpaired) electrons. The topological polar surface area (TPSA) is 81.9 Å². The van der Waals surface area contributed by atoms with Crippen LogP contribution in [0.5, 0.6) is 11.5 Å². The molecule has 5 nitrogen and oxygen atoms in total. The quantitative estimate of drug-likeness (QED) is 0.387. The molecule has 0 heterocycles. The van der Waals surface area contributed by atoms with Gasteiger partial charge in [0.25, 0.3) is 0 Å². The summed E-state index contributed by atoms with van der Waals surface area (Å²) in [6, 6.07) is 12.1. The Bertz CT molecular complexity index is 765. The molecular weight excluding hydrogens is 392 g/mol. The number of nitrogens with zero attached hydrogens (tertiary/aromatic N) is 1. The van der Waals surface area contributed by atoms with E-state index in [9.17, 15) is 15.0 Å². The van der Waals surface area contributed by atoms with Gasteiger partial charge in [-0.2, -0.15) is 5.10 Å². The van der Waals surface area contributed by atoms with Crippen LogP contribution >= 0.6 is 27.7 Å². The van der Waals surface area contributed by atoms with Gasteiger partial charge in [-0.1, -0.05) is 28.1 Å². The van der Waals surface area contributed by atoms with E-state index < -0.39 is 0 Å². The fraction of sp³-hybridized carbons (Fsp3) is 0.176. The molecule has 0 saturated heterocycles. The number of halogens is 1. The van der Waals surface area contributed by atoms with Gasteiger partial charge in [0, 0.05) is 15.8 Å². The fourth-order valence-electron chi connectivity index (χ4n) is 1.94. The van der Waals surface area contributed by atoms with Gasteiger partial charge in [0.2, 0.25) is 5.91 Å². The lowest BCUT2D eigenvalue weighted by atomic mass is 10.1. The molecule has 0 aromatic heterocycles. The van der Waals surface area contributed by atoms with E-state index in [1.165, 1.54) is 30.0 Å². The van der Waals surface area contributed by atoms with Crippen LogP contribution in [-0.4, -0.2) is 27.6 Å². The Morgan fingerprint density at radius 1 is 1.25 bits per heavy atom. The SMILES string of the molecule is C/C(=N\NC(=O)CSCc1cccc(Br)c1)c1cc(O)ccc1O. The van der Waals surface area contributed by atoms with Crippen LogP contribution in [0.3, 0.4) is 0 Å². The number of carbonyl (C=O) groups is 1. The molecule has 0 unspecified atom stereocenters. The first-order valence-electron chi connectivity index (χ1n) is 7.13. The maximum Gasteiger partial charge on any atom is 0.250 e. The summed E-state index contributed by atoms with van der Waals surface area (Å²) in [5.74, 6) is 0.785. The summed E-state index contributed by atoms with van der Waals surface area (Å²) in [6.45, 7) is 1.64. The van der Waals surface area contributed by atoms with Gasteiger partial charge in [-0.15, -0.1) is 11.8 Å². The summed E-state index contributed by atoms with van der Waals surface area (Å²) in [5, 5.41) is 23.2. The lowest BCUT2D eigenvalue weighted by Crippen LogP contribution is -2.21. The third-order valence-corrected chi connectivity index (χ3v) is 4.61. The molecule has 0 atom stereocenters. The molecule has 0 spiro atoms. The Hall–Kier alpha value is -1.99. The van der Waals surface area contributed by atoms with Crippen LogP contribution < -0.4 is 5.43 Å². The molecular formula is C17H17BrN2O3S. The van der Waals surface area contributed by atoms with Crippen molar-refractivity contribution in [3.63, 3.8) is 0 Å². The summed E-state index contributed by atoms with van der Waals surface area (Å²) < 4.78 is 1.01. The van der Waals surface area contributed by atoms with Gasteiger partial charge < -0.3 is 10.2 Å². The average Bonchev–Trinajstić information content (AvgIpc) is 2.55. The predicted octanol–water partition coefficient (Wildman–Crippen LogP) is 3.63. The molecule has 0 bridgehead atoms. The Labute approximate surface area is 152 Å². The number of thioether (sulfide) groups is 1. The van der Waals surface area contributed by atoms with E-state index in [-0.39, 0.29) is 23.2 Å². The second-order valence-corrected chi connectivity index (χ2v) is 6.96. The molecule has 7 heteroatoms. The molecule has 0 saturated carbocycles. The minimum Gasteiger partial charge on any atom is -0.508 e. The van der Waals surface area contributed by atoms with Crippen LogP contribution in [0.25, 0.3) is 0 Å². The van der Waals surface area contributed by atoms with Crippen molar-refractivity contribution in [3.05, 3.63) is 58.1 Å². The molecule has 0 fully saturated rings. The van der Waals surface area contributed by atoms with E-state index >= 15 is 0 Å². The van der Waals surface area contributed by atoms with Crippen molar-refractivity contribution in [1.29, 1.82) is 0 Å². The van der Waals surface area contributed by atoms with Crippen LogP contribution in [-0.2, 0) is 10.5 Å². The average molecular weight is 409 g/mol. The van der Waals surface area contributed by atoms with Crippen LogP contribution in [0.2, 0.25) is 0 Å². The largest absolute Gasteiger partial charge is 0.508 e. The zero-order chi connectivity index (χ0) is 17.5. The number of hydrogen-bond donors (Lipinski definition) is 3. The van der Waals surface area contributed by atoms with Gasteiger partial charge in [-0.05, 0) is 42.8 Å². The van der Waals surface area contributed by atoms with Crippen molar-refractivity contribution < 1.29 is 15.0 Å². The zero-order valence-corrected chi connectivity index (χ0v) is 15.4. The van der Waals surface area contributed by atoms with Gasteiger partial charge in [0.05, 0.1) is 11.5 Å². The number of hydrogen-bond acceptors (Lipinski definition) is 5. The Balaban J connectivity index is 1.84. The molecule has 0 aliphatic heterocycles. The van der Waals surface area contributed by atoms with E-state index in [0.29, 0.717) is 11.3 Å². The number of aromatic hydroxyl groups is 2. The minimum absolute atomic E-state index is 0.00710. The van der Waals surface area contributed by atoms with Crippen LogP contribution in [0.1, 0.15) is 18.1 Å². The van der Waals surface area contributed by atoms with Crippen molar-refractivity contribution >= 4 is 39.3 Å². The summed E-state index contributed by atoms with van der Waals surface area (Å²) in [6.07, 6.45) is 0. The number of benzene rings is 2. The molecule has 2 aromatic rings. The highest BCUT2D eigenvalue weighted by atomic mass is 79.9. The molecule has 24 heavy (non-hydrogen) atoms. The molecule has 3 N–H and O–H groups in total. The van der Waals surface area contributed by atoms with Gasteiger partial charge in [0.15, 0.2) is 0 Å². The first-order chi connectivity index (χ1) is 11.5. The number of nitrogens with one attached hydrogen (secondary N) is 1. The maximum absolute atomic E-state index is 11.8. The number of phenolic OH excluding ortho intramolecular Hbond substituents is 2. The highest BCUT2D eigenvalue weighted by Gasteiger charge is 2.07. The van der Waals surface area contributed by atoms with E-state index in [4.69, 9.17) is 0 Å². The number of rotatable bonds is 6. The first-order valence-corrected chi connectivity index (χ1v) is 9.08. The molecule has 0 aliphatic carbocycles. The third-order valence-electron chi connectivity index (χ3n) is 3.11.